The number of pyridine rings is 1. The van der Waals surface area contributed by atoms with Crippen molar-refractivity contribution in [2.75, 3.05) is 25.5 Å². The van der Waals surface area contributed by atoms with Gasteiger partial charge >= 0.3 is 12.1 Å². The highest BCUT2D eigenvalue weighted by molar-refractivity contribution is 5.89. The summed E-state index contributed by atoms with van der Waals surface area (Å²) in [6.45, 7) is 9.17. The number of esters is 1. The van der Waals surface area contributed by atoms with Gasteiger partial charge in [-0.3, -0.25) is 4.79 Å². The Kier molecular flexibility index (Phi) is 10.6. The Labute approximate surface area is 233 Å². The fourth-order valence-corrected chi connectivity index (χ4v) is 6.14. The van der Waals surface area contributed by atoms with Gasteiger partial charge in [0.2, 0.25) is 5.91 Å². The van der Waals surface area contributed by atoms with Crippen molar-refractivity contribution < 1.29 is 24.2 Å². The number of fused-ring (bicyclic) bond motifs is 1. The Morgan fingerprint density at radius 3 is 2.59 bits per heavy atom. The maximum atomic E-state index is 13.7. The summed E-state index contributed by atoms with van der Waals surface area (Å²) in [5.41, 5.74) is 1.27. The number of rotatable bonds is 11. The SMILES string of the molecule is COC(=O)C(CCCCCCCc1ccc2c(n1)NCCC2)NC(=O)C1(C(C)(C)C)CCN(C(=O)O)C(C)C1. The van der Waals surface area contributed by atoms with Gasteiger partial charge in [-0.05, 0) is 68.9 Å². The number of carbonyl (C=O) groups is 3. The lowest BCUT2D eigenvalue weighted by Gasteiger charge is -2.50. The number of methoxy groups -OCH3 is 1. The Hall–Kier alpha value is -2.84. The van der Waals surface area contributed by atoms with Crippen molar-refractivity contribution in [2.45, 2.75) is 110 Å². The molecule has 2 aliphatic rings. The molecule has 0 aliphatic carbocycles. The Morgan fingerprint density at radius 1 is 1.21 bits per heavy atom. The standard InChI is InChI=1S/C30H48N4O5/c1-21-20-30(29(2,3)4,17-19-34(21)28(37)38)27(36)33-24(26(35)39-5)14-10-8-6-7-9-13-23-16-15-22-12-11-18-31-25(22)32-23/h15-16,21,24H,6-14,17-20H2,1-5H3,(H,31,32)(H,33,36)(H,37,38). The Morgan fingerprint density at radius 2 is 1.92 bits per heavy atom. The van der Waals surface area contributed by atoms with Gasteiger partial charge in [-0.1, -0.05) is 52.5 Å². The van der Waals surface area contributed by atoms with Crippen LogP contribution in [0.15, 0.2) is 12.1 Å². The number of amides is 2. The van der Waals surface area contributed by atoms with Gasteiger partial charge in [-0.2, -0.15) is 0 Å². The minimum atomic E-state index is -0.964. The van der Waals surface area contributed by atoms with Gasteiger partial charge < -0.3 is 25.4 Å². The summed E-state index contributed by atoms with van der Waals surface area (Å²) in [6, 6.07) is 3.35. The first-order valence-electron chi connectivity index (χ1n) is 14.6. The quantitative estimate of drug-likeness (QED) is 0.259. The molecule has 0 radical (unpaired) electrons. The highest BCUT2D eigenvalue weighted by Gasteiger charge is 2.53. The number of aromatic nitrogens is 1. The molecule has 1 fully saturated rings. The number of nitrogens with one attached hydrogen (secondary N) is 2. The second-order valence-corrected chi connectivity index (χ2v) is 12.3. The molecule has 3 heterocycles. The predicted molar refractivity (Wildman–Crippen MR) is 152 cm³/mol. The van der Waals surface area contributed by atoms with E-state index in [0.717, 1.165) is 69.4 Å². The van der Waals surface area contributed by atoms with E-state index in [2.05, 4.69) is 22.8 Å². The Bertz CT molecular complexity index is 1010. The molecule has 3 atom stereocenters. The molecule has 3 unspecified atom stereocenters. The molecule has 1 saturated heterocycles. The summed E-state index contributed by atoms with van der Waals surface area (Å²) < 4.78 is 5.02. The van der Waals surface area contributed by atoms with Crippen LogP contribution in [-0.4, -0.2) is 65.2 Å². The fraction of sp³-hybridized carbons (Fsp3) is 0.733. The number of hydrogen-bond donors (Lipinski definition) is 3. The van der Waals surface area contributed by atoms with E-state index in [1.807, 2.05) is 27.7 Å². The third kappa shape index (κ3) is 7.63. The number of hydrogen-bond acceptors (Lipinski definition) is 6. The zero-order valence-corrected chi connectivity index (χ0v) is 24.5. The lowest BCUT2D eigenvalue weighted by Crippen LogP contribution is -2.60. The first-order valence-corrected chi connectivity index (χ1v) is 14.6. The summed E-state index contributed by atoms with van der Waals surface area (Å²) in [5.74, 6) is 0.426. The van der Waals surface area contributed by atoms with Crippen LogP contribution in [0.4, 0.5) is 10.6 Å². The largest absolute Gasteiger partial charge is 0.467 e. The van der Waals surface area contributed by atoms with Crippen LogP contribution in [0.5, 0.6) is 0 Å². The number of piperidine rings is 1. The summed E-state index contributed by atoms with van der Waals surface area (Å²) in [7, 11) is 1.35. The van der Waals surface area contributed by atoms with Gasteiger partial charge in [0.25, 0.3) is 0 Å². The van der Waals surface area contributed by atoms with Crippen LogP contribution in [0.3, 0.4) is 0 Å². The van der Waals surface area contributed by atoms with Crippen molar-refractivity contribution >= 4 is 23.8 Å². The van der Waals surface area contributed by atoms with Gasteiger partial charge in [0.15, 0.2) is 0 Å². The molecule has 0 aromatic carbocycles. The molecule has 1 aromatic rings. The average Bonchev–Trinajstić information content (AvgIpc) is 2.90. The van der Waals surface area contributed by atoms with Crippen LogP contribution in [-0.2, 0) is 27.2 Å². The van der Waals surface area contributed by atoms with Crippen LogP contribution in [0.1, 0.15) is 96.7 Å². The molecule has 218 valence electrons. The molecule has 3 rings (SSSR count). The van der Waals surface area contributed by atoms with Crippen LogP contribution in [0.25, 0.3) is 0 Å². The molecule has 0 bridgehead atoms. The first kappa shape index (κ1) is 30.7. The smallest absolute Gasteiger partial charge is 0.407 e. The number of anilines is 1. The van der Waals surface area contributed by atoms with Crippen molar-refractivity contribution in [3.8, 4) is 0 Å². The molecule has 2 aliphatic heterocycles. The fourth-order valence-electron chi connectivity index (χ4n) is 6.14. The number of ether oxygens (including phenoxy) is 1. The number of carboxylic acid groups (broad SMARTS) is 1. The first-order chi connectivity index (χ1) is 18.5. The lowest BCUT2D eigenvalue weighted by molar-refractivity contribution is -0.151. The Balaban J connectivity index is 1.48. The predicted octanol–water partition coefficient (Wildman–Crippen LogP) is 5.18. The van der Waals surface area contributed by atoms with Crippen molar-refractivity contribution in [1.82, 2.24) is 15.2 Å². The van der Waals surface area contributed by atoms with E-state index in [1.165, 1.54) is 17.6 Å². The van der Waals surface area contributed by atoms with E-state index in [4.69, 9.17) is 9.72 Å². The lowest BCUT2D eigenvalue weighted by atomic mass is 9.59. The molecule has 0 spiro atoms. The van der Waals surface area contributed by atoms with Gasteiger partial charge in [-0.25, -0.2) is 14.6 Å². The van der Waals surface area contributed by atoms with E-state index in [1.54, 1.807) is 0 Å². The molecular formula is C30H48N4O5. The third-order valence-corrected chi connectivity index (χ3v) is 8.74. The molecule has 9 nitrogen and oxygen atoms in total. The zero-order valence-electron chi connectivity index (χ0n) is 24.5. The van der Waals surface area contributed by atoms with Gasteiger partial charge in [-0.15, -0.1) is 0 Å². The number of nitrogens with zero attached hydrogens (tertiary/aromatic N) is 2. The molecule has 9 heteroatoms. The molecular weight excluding hydrogens is 496 g/mol. The zero-order chi connectivity index (χ0) is 28.6. The molecule has 0 saturated carbocycles. The number of aryl methyl sites for hydroxylation is 2. The van der Waals surface area contributed by atoms with Gasteiger partial charge in [0.05, 0.1) is 12.5 Å². The van der Waals surface area contributed by atoms with Crippen LogP contribution < -0.4 is 10.6 Å². The van der Waals surface area contributed by atoms with E-state index < -0.39 is 28.9 Å². The normalized spacial score (nSPS) is 21.9. The highest BCUT2D eigenvalue weighted by Crippen LogP contribution is 2.49. The summed E-state index contributed by atoms with van der Waals surface area (Å²) in [4.78, 5) is 44.1. The van der Waals surface area contributed by atoms with Crippen LogP contribution in [0, 0.1) is 10.8 Å². The van der Waals surface area contributed by atoms with Crippen molar-refractivity contribution in [1.29, 1.82) is 0 Å². The highest BCUT2D eigenvalue weighted by atomic mass is 16.5. The van der Waals surface area contributed by atoms with E-state index in [9.17, 15) is 19.5 Å². The third-order valence-electron chi connectivity index (χ3n) is 8.74. The average molecular weight is 545 g/mol. The molecule has 39 heavy (non-hydrogen) atoms. The summed E-state index contributed by atoms with van der Waals surface area (Å²) in [5, 5.41) is 15.9. The number of likely N-dealkylation sites (tertiary alicyclic amines) is 1. The topological polar surface area (TPSA) is 121 Å². The maximum Gasteiger partial charge on any atom is 0.407 e. The van der Waals surface area contributed by atoms with E-state index in [0.29, 0.717) is 25.8 Å². The number of unbranched alkanes of at least 4 members (excludes halogenated alkanes) is 4. The summed E-state index contributed by atoms with van der Waals surface area (Å²) in [6.07, 6.45) is 8.61. The molecule has 3 N–H and O–H groups in total. The second kappa shape index (κ2) is 13.5. The maximum absolute atomic E-state index is 13.7. The summed E-state index contributed by atoms with van der Waals surface area (Å²) >= 11 is 0. The molecule has 1 aromatic heterocycles. The number of carbonyl (C=O) groups excluding carboxylic acids is 2. The van der Waals surface area contributed by atoms with Gasteiger partial charge in [0, 0.05) is 24.8 Å². The van der Waals surface area contributed by atoms with Crippen LogP contribution in [0.2, 0.25) is 0 Å². The molecule has 2 amide bonds. The monoisotopic (exact) mass is 544 g/mol. The van der Waals surface area contributed by atoms with Crippen molar-refractivity contribution in [2.24, 2.45) is 10.8 Å². The van der Waals surface area contributed by atoms with E-state index in [-0.39, 0.29) is 11.9 Å². The minimum absolute atomic E-state index is 0.186. The van der Waals surface area contributed by atoms with Crippen molar-refractivity contribution in [3.05, 3.63) is 23.4 Å². The van der Waals surface area contributed by atoms with Crippen LogP contribution >= 0.6 is 0 Å². The van der Waals surface area contributed by atoms with Gasteiger partial charge in [0.1, 0.15) is 11.9 Å². The van der Waals surface area contributed by atoms with Crippen molar-refractivity contribution in [3.63, 3.8) is 0 Å². The minimum Gasteiger partial charge on any atom is -0.467 e. The van der Waals surface area contributed by atoms with E-state index >= 15 is 0 Å². The second-order valence-electron chi connectivity index (χ2n) is 12.3.